The van der Waals surface area contributed by atoms with Gasteiger partial charge in [0, 0.05) is 18.8 Å². The van der Waals surface area contributed by atoms with E-state index in [9.17, 15) is 13.2 Å². The van der Waals surface area contributed by atoms with Crippen LogP contribution in [0, 0.1) is 0 Å². The number of halogens is 3. The van der Waals surface area contributed by atoms with Gasteiger partial charge >= 0.3 is 6.36 Å². The van der Waals surface area contributed by atoms with Crippen molar-refractivity contribution in [2.24, 2.45) is 0 Å². The van der Waals surface area contributed by atoms with Gasteiger partial charge in [-0.25, -0.2) is 0 Å². The molecule has 3 rings (SSSR count). The Hall–Kier alpha value is -2.17. The van der Waals surface area contributed by atoms with Crippen LogP contribution in [-0.4, -0.2) is 19.5 Å². The summed E-state index contributed by atoms with van der Waals surface area (Å²) in [5.41, 5.74) is 4.15. The van der Waals surface area contributed by atoms with E-state index in [1.54, 1.807) is 6.07 Å². The van der Waals surface area contributed by atoms with Crippen molar-refractivity contribution < 1.29 is 17.9 Å². The molecular formula is C19H20F3NO. The van der Waals surface area contributed by atoms with Gasteiger partial charge in [0.2, 0.25) is 0 Å². The number of fused-ring (bicyclic) bond motifs is 1. The van der Waals surface area contributed by atoms with Crippen LogP contribution in [0.3, 0.4) is 0 Å². The molecule has 0 atom stereocenters. The first-order valence-electron chi connectivity index (χ1n) is 8.21. The van der Waals surface area contributed by atoms with Crippen molar-refractivity contribution in [2.45, 2.75) is 32.5 Å². The summed E-state index contributed by atoms with van der Waals surface area (Å²) in [4.78, 5) is 2.36. The minimum atomic E-state index is -4.67. The lowest BCUT2D eigenvalue weighted by Gasteiger charge is -2.32. The van der Waals surface area contributed by atoms with E-state index in [1.165, 1.54) is 23.4 Å². The van der Waals surface area contributed by atoms with Crippen LogP contribution in [0.5, 0.6) is 5.75 Å². The van der Waals surface area contributed by atoms with Crippen molar-refractivity contribution >= 4 is 5.69 Å². The van der Waals surface area contributed by atoms with Gasteiger partial charge in [0.25, 0.3) is 0 Å². The van der Waals surface area contributed by atoms with Gasteiger partial charge < -0.3 is 9.64 Å². The number of rotatable bonds is 4. The summed E-state index contributed by atoms with van der Waals surface area (Å²) in [7, 11) is 0. The largest absolute Gasteiger partial charge is 0.573 e. The minimum Gasteiger partial charge on any atom is -0.406 e. The van der Waals surface area contributed by atoms with Crippen molar-refractivity contribution in [1.29, 1.82) is 0 Å². The maximum absolute atomic E-state index is 12.5. The summed E-state index contributed by atoms with van der Waals surface area (Å²) in [5.74, 6) is -0.182. The molecule has 2 aromatic carbocycles. The Kier molecular flexibility index (Phi) is 4.69. The van der Waals surface area contributed by atoms with Gasteiger partial charge in [-0.2, -0.15) is 0 Å². The first kappa shape index (κ1) is 16.7. The molecule has 0 spiro atoms. The number of alkyl halides is 3. The van der Waals surface area contributed by atoms with E-state index in [0.717, 1.165) is 43.5 Å². The lowest BCUT2D eigenvalue weighted by molar-refractivity contribution is -0.274. The van der Waals surface area contributed by atoms with Gasteiger partial charge in [-0.1, -0.05) is 31.2 Å². The average molecular weight is 335 g/mol. The van der Waals surface area contributed by atoms with Crippen LogP contribution in [-0.2, 0) is 6.42 Å². The van der Waals surface area contributed by atoms with Gasteiger partial charge in [0.15, 0.2) is 0 Å². The lowest BCUT2D eigenvalue weighted by Crippen LogP contribution is -2.30. The fourth-order valence-corrected chi connectivity index (χ4v) is 3.33. The summed E-state index contributed by atoms with van der Waals surface area (Å²) in [6.45, 7) is 4.17. The minimum absolute atomic E-state index is 0.182. The molecule has 0 aliphatic carbocycles. The Labute approximate surface area is 139 Å². The van der Waals surface area contributed by atoms with E-state index in [0.29, 0.717) is 0 Å². The zero-order valence-electron chi connectivity index (χ0n) is 13.6. The Bertz CT molecular complexity index is 712. The second-order valence-corrected chi connectivity index (χ2v) is 5.97. The van der Waals surface area contributed by atoms with Gasteiger partial charge in [-0.05, 0) is 54.2 Å². The zero-order chi connectivity index (χ0) is 17.2. The highest BCUT2D eigenvalue weighted by Crippen LogP contribution is 2.37. The van der Waals surface area contributed by atoms with Crippen molar-refractivity contribution in [3.05, 3.63) is 48.0 Å². The third-order valence-corrected chi connectivity index (χ3v) is 4.22. The van der Waals surface area contributed by atoms with E-state index >= 15 is 0 Å². The number of ether oxygens (including phenoxy) is 1. The molecule has 0 saturated heterocycles. The molecule has 24 heavy (non-hydrogen) atoms. The van der Waals surface area contributed by atoms with E-state index in [1.807, 2.05) is 18.2 Å². The van der Waals surface area contributed by atoms with Crippen LogP contribution in [0.15, 0.2) is 42.5 Å². The van der Waals surface area contributed by atoms with E-state index in [4.69, 9.17) is 0 Å². The molecule has 0 amide bonds. The highest BCUT2D eigenvalue weighted by atomic mass is 19.4. The quantitative estimate of drug-likeness (QED) is 0.740. The van der Waals surface area contributed by atoms with E-state index in [-0.39, 0.29) is 5.75 Å². The summed E-state index contributed by atoms with van der Waals surface area (Å²) < 4.78 is 41.4. The highest BCUT2D eigenvalue weighted by Gasteiger charge is 2.31. The van der Waals surface area contributed by atoms with Crippen molar-refractivity contribution in [1.82, 2.24) is 0 Å². The molecule has 1 aliphatic heterocycles. The normalized spacial score (nSPS) is 14.4. The molecule has 0 N–H and O–H groups in total. The summed E-state index contributed by atoms with van der Waals surface area (Å²) in [6, 6.07) is 12.3. The molecule has 0 fully saturated rings. The first-order chi connectivity index (χ1) is 11.5. The van der Waals surface area contributed by atoms with Crippen LogP contribution in [0.4, 0.5) is 18.9 Å². The molecule has 1 heterocycles. The topological polar surface area (TPSA) is 12.5 Å². The first-order valence-corrected chi connectivity index (χ1v) is 8.21. The molecule has 2 nitrogen and oxygen atoms in total. The number of anilines is 1. The molecule has 5 heteroatoms. The molecular weight excluding hydrogens is 315 g/mol. The Morgan fingerprint density at radius 2 is 1.92 bits per heavy atom. The molecule has 0 saturated carbocycles. The smallest absolute Gasteiger partial charge is 0.406 e. The maximum Gasteiger partial charge on any atom is 0.573 e. The number of benzene rings is 2. The van der Waals surface area contributed by atoms with Gasteiger partial charge in [-0.15, -0.1) is 13.2 Å². The second-order valence-electron chi connectivity index (χ2n) is 5.97. The van der Waals surface area contributed by atoms with Crippen molar-refractivity contribution in [3.63, 3.8) is 0 Å². The number of hydrogen-bond donors (Lipinski definition) is 0. The maximum atomic E-state index is 12.5. The van der Waals surface area contributed by atoms with Gasteiger partial charge in [0.1, 0.15) is 5.75 Å². The fourth-order valence-electron chi connectivity index (χ4n) is 3.33. The predicted octanol–water partition coefficient (Wildman–Crippen LogP) is 5.41. The van der Waals surface area contributed by atoms with Crippen molar-refractivity contribution in [2.75, 3.05) is 18.0 Å². The molecule has 0 bridgehead atoms. The predicted molar refractivity (Wildman–Crippen MR) is 89.4 cm³/mol. The van der Waals surface area contributed by atoms with Crippen LogP contribution in [0.25, 0.3) is 11.1 Å². The Morgan fingerprint density at radius 1 is 1.12 bits per heavy atom. The van der Waals surface area contributed by atoms with Crippen LogP contribution >= 0.6 is 0 Å². The summed E-state index contributed by atoms with van der Waals surface area (Å²) in [5, 5.41) is 0. The zero-order valence-corrected chi connectivity index (χ0v) is 13.6. The van der Waals surface area contributed by atoms with Gasteiger partial charge in [0.05, 0.1) is 0 Å². The van der Waals surface area contributed by atoms with Crippen LogP contribution in [0.1, 0.15) is 25.3 Å². The van der Waals surface area contributed by atoms with E-state index in [2.05, 4.69) is 22.6 Å². The molecule has 0 unspecified atom stereocenters. The van der Waals surface area contributed by atoms with Crippen molar-refractivity contribution in [3.8, 4) is 16.9 Å². The average Bonchev–Trinajstić information content (AvgIpc) is 2.53. The molecule has 1 aliphatic rings. The highest BCUT2D eigenvalue weighted by molar-refractivity contribution is 5.76. The van der Waals surface area contributed by atoms with E-state index < -0.39 is 6.36 Å². The number of nitrogens with zero attached hydrogens (tertiary/aromatic N) is 1. The molecule has 128 valence electrons. The second kappa shape index (κ2) is 6.75. The Balaban J connectivity index is 1.99. The van der Waals surface area contributed by atoms with Crippen LogP contribution < -0.4 is 9.64 Å². The molecule has 0 aromatic heterocycles. The van der Waals surface area contributed by atoms with Gasteiger partial charge in [-0.3, -0.25) is 0 Å². The SMILES string of the molecule is CCCN1CCCc2c(-c3cccc(OC(F)(F)F)c3)cccc21. The number of hydrogen-bond acceptors (Lipinski definition) is 2. The third kappa shape index (κ3) is 3.66. The molecule has 0 radical (unpaired) electrons. The lowest BCUT2D eigenvalue weighted by atomic mass is 9.92. The molecule has 2 aromatic rings. The van der Waals surface area contributed by atoms with Crippen LogP contribution in [0.2, 0.25) is 0 Å². The summed E-state index contributed by atoms with van der Waals surface area (Å²) in [6.07, 6.45) is -1.61. The standard InChI is InChI=1S/C19H20F3NO/c1-2-11-23-12-5-9-17-16(8-4-10-18(17)23)14-6-3-7-15(13-14)24-19(20,21)22/h3-4,6-8,10,13H,2,5,9,11-12H2,1H3. The Morgan fingerprint density at radius 3 is 2.67 bits per heavy atom. The monoisotopic (exact) mass is 335 g/mol. The fraction of sp³-hybridized carbons (Fsp3) is 0.368. The summed E-state index contributed by atoms with van der Waals surface area (Å²) >= 11 is 0. The third-order valence-electron chi connectivity index (χ3n) is 4.22.